The monoisotopic (exact) mass is 423 g/mol. The van der Waals surface area contributed by atoms with Crippen LogP contribution in [0.1, 0.15) is 25.7 Å². The van der Waals surface area contributed by atoms with Crippen LogP contribution in [0.2, 0.25) is 0 Å². The summed E-state index contributed by atoms with van der Waals surface area (Å²) in [5.74, 6) is 3.36. The van der Waals surface area contributed by atoms with Gasteiger partial charge in [-0.25, -0.2) is 0 Å². The molecule has 0 aromatic heterocycles. The highest BCUT2D eigenvalue weighted by atomic mass is 32.2. The van der Waals surface area contributed by atoms with E-state index in [1.807, 2.05) is 18.2 Å². The van der Waals surface area contributed by atoms with Gasteiger partial charge in [-0.2, -0.15) is 11.8 Å². The van der Waals surface area contributed by atoms with Crippen molar-refractivity contribution in [1.29, 1.82) is 0 Å². The first kappa shape index (κ1) is 22.1. The van der Waals surface area contributed by atoms with E-state index in [4.69, 9.17) is 23.9 Å². The molecule has 162 valence electrons. The van der Waals surface area contributed by atoms with Gasteiger partial charge in [0.1, 0.15) is 0 Å². The molecule has 3 rings (SSSR count). The molecule has 0 radical (unpaired) electrons. The topological polar surface area (TPSA) is 73.3 Å². The Balaban J connectivity index is 1.47. The van der Waals surface area contributed by atoms with E-state index in [2.05, 4.69) is 16.9 Å². The van der Waals surface area contributed by atoms with E-state index in [1.54, 1.807) is 11.8 Å². The number of aliphatic imine (C=N–C) groups is 1. The molecule has 1 aromatic carbocycles. The second-order valence-electron chi connectivity index (χ2n) is 7.05. The zero-order valence-corrected chi connectivity index (χ0v) is 18.1. The van der Waals surface area contributed by atoms with Crippen molar-refractivity contribution < 1.29 is 18.9 Å². The third-order valence-corrected chi connectivity index (χ3v) is 5.27. The van der Waals surface area contributed by atoms with Crippen LogP contribution in [-0.4, -0.2) is 70.2 Å². The summed E-state index contributed by atoms with van der Waals surface area (Å²) < 4.78 is 22.8. The number of nitrogens with one attached hydrogen (secondary N) is 2. The van der Waals surface area contributed by atoms with Gasteiger partial charge in [-0.05, 0) is 37.7 Å². The van der Waals surface area contributed by atoms with E-state index < -0.39 is 0 Å². The summed E-state index contributed by atoms with van der Waals surface area (Å²) in [5.41, 5.74) is 0.930. The molecule has 2 heterocycles. The van der Waals surface area contributed by atoms with Crippen molar-refractivity contribution in [3.63, 3.8) is 0 Å². The molecule has 1 unspecified atom stereocenters. The maximum atomic E-state index is 5.78. The van der Waals surface area contributed by atoms with E-state index in [1.165, 1.54) is 0 Å². The molecule has 0 aliphatic carbocycles. The molecule has 0 saturated carbocycles. The van der Waals surface area contributed by atoms with Crippen LogP contribution in [0, 0.1) is 0 Å². The molecule has 1 saturated heterocycles. The molecule has 1 aromatic rings. The van der Waals surface area contributed by atoms with Crippen LogP contribution in [0.15, 0.2) is 23.2 Å². The highest BCUT2D eigenvalue weighted by Crippen LogP contribution is 2.32. The third kappa shape index (κ3) is 7.95. The van der Waals surface area contributed by atoms with E-state index in [-0.39, 0.29) is 6.10 Å². The van der Waals surface area contributed by atoms with Crippen LogP contribution in [0.5, 0.6) is 11.5 Å². The van der Waals surface area contributed by atoms with Gasteiger partial charge < -0.3 is 29.6 Å². The number of ether oxygens (including phenoxy) is 4. The normalized spacial score (nSPS) is 19.1. The molecular weight excluding hydrogens is 390 g/mol. The Bertz CT molecular complexity index is 638. The summed E-state index contributed by atoms with van der Waals surface area (Å²) in [6.07, 6.45) is 6.42. The third-order valence-electron chi connectivity index (χ3n) is 4.65. The maximum Gasteiger partial charge on any atom is 0.195 e. The minimum absolute atomic E-state index is 0.281. The van der Waals surface area contributed by atoms with Crippen LogP contribution in [0.3, 0.4) is 0 Å². The molecule has 7 nitrogen and oxygen atoms in total. The van der Waals surface area contributed by atoms with E-state index >= 15 is 0 Å². The predicted octanol–water partition coefficient (Wildman–Crippen LogP) is 3.15. The number of hydrogen-bond acceptors (Lipinski definition) is 6. The fourth-order valence-corrected chi connectivity index (χ4v) is 3.44. The second kappa shape index (κ2) is 12.8. The first-order valence-electron chi connectivity index (χ1n) is 10.5. The molecule has 2 aliphatic heterocycles. The maximum absolute atomic E-state index is 5.78. The van der Waals surface area contributed by atoms with Gasteiger partial charge in [-0.1, -0.05) is 0 Å². The van der Waals surface area contributed by atoms with Gasteiger partial charge in [-0.15, -0.1) is 0 Å². The van der Waals surface area contributed by atoms with Crippen molar-refractivity contribution in [2.45, 2.75) is 31.8 Å². The number of hydrogen-bond donors (Lipinski definition) is 2. The average molecular weight is 424 g/mol. The summed E-state index contributed by atoms with van der Waals surface area (Å²) in [6.45, 7) is 5.18. The molecule has 8 heteroatoms. The lowest BCUT2D eigenvalue weighted by Crippen LogP contribution is -2.32. The SMILES string of the molecule is CSCCNC(=NCCCOCC1CCCO1)Nc1ccc2c(c1)OCCCO2. The molecule has 0 amide bonds. The predicted molar refractivity (Wildman–Crippen MR) is 119 cm³/mol. The van der Waals surface area contributed by atoms with Crippen LogP contribution >= 0.6 is 11.8 Å². The molecule has 1 atom stereocenters. The van der Waals surface area contributed by atoms with Gasteiger partial charge in [0.2, 0.25) is 0 Å². The quantitative estimate of drug-likeness (QED) is 0.340. The van der Waals surface area contributed by atoms with Gasteiger partial charge in [0.15, 0.2) is 17.5 Å². The van der Waals surface area contributed by atoms with E-state index in [0.717, 1.165) is 67.7 Å². The van der Waals surface area contributed by atoms with Crippen molar-refractivity contribution in [2.24, 2.45) is 4.99 Å². The zero-order chi connectivity index (χ0) is 20.2. The molecule has 0 spiro atoms. The summed E-state index contributed by atoms with van der Waals surface area (Å²) in [4.78, 5) is 4.69. The van der Waals surface area contributed by atoms with Crippen molar-refractivity contribution >= 4 is 23.4 Å². The lowest BCUT2D eigenvalue weighted by molar-refractivity contribution is 0.0171. The summed E-state index contributed by atoms with van der Waals surface area (Å²) in [5, 5.41) is 6.76. The Morgan fingerprint density at radius 2 is 2.10 bits per heavy atom. The number of rotatable bonds is 10. The fraction of sp³-hybridized carbons (Fsp3) is 0.667. The molecule has 2 N–H and O–H groups in total. The van der Waals surface area contributed by atoms with Gasteiger partial charge >= 0.3 is 0 Å². The van der Waals surface area contributed by atoms with Crippen LogP contribution < -0.4 is 20.1 Å². The van der Waals surface area contributed by atoms with Crippen LogP contribution in [0.25, 0.3) is 0 Å². The Hall–Kier alpha value is -1.64. The lowest BCUT2D eigenvalue weighted by Gasteiger charge is -2.14. The molecule has 29 heavy (non-hydrogen) atoms. The van der Waals surface area contributed by atoms with Crippen molar-refractivity contribution in [3.05, 3.63) is 18.2 Å². The summed E-state index contributed by atoms with van der Waals surface area (Å²) >= 11 is 1.80. The van der Waals surface area contributed by atoms with Gasteiger partial charge in [0.05, 0.1) is 25.9 Å². The number of thioether (sulfide) groups is 1. The van der Waals surface area contributed by atoms with Crippen molar-refractivity contribution in [2.75, 3.05) is 63.4 Å². The van der Waals surface area contributed by atoms with Crippen LogP contribution in [0.4, 0.5) is 5.69 Å². The summed E-state index contributed by atoms with van der Waals surface area (Å²) in [7, 11) is 0. The van der Waals surface area contributed by atoms with Gasteiger partial charge in [0.25, 0.3) is 0 Å². The molecular formula is C21H33N3O4S. The Labute approximate surface area is 177 Å². The van der Waals surface area contributed by atoms with Crippen molar-refractivity contribution in [1.82, 2.24) is 5.32 Å². The Kier molecular flexibility index (Phi) is 9.75. The standard InChI is InChI=1S/C21H33N3O4S/c1-29-14-9-23-21(22-8-3-10-25-16-18-5-2-11-26-18)24-17-6-7-19-20(15-17)28-13-4-12-27-19/h6-7,15,18H,2-5,8-14,16H2,1H3,(H2,22,23,24). The number of nitrogens with zero attached hydrogens (tertiary/aromatic N) is 1. The summed E-state index contributed by atoms with van der Waals surface area (Å²) in [6, 6.07) is 5.91. The Morgan fingerprint density at radius 1 is 1.21 bits per heavy atom. The smallest absolute Gasteiger partial charge is 0.195 e. The number of anilines is 1. The number of guanidine groups is 1. The molecule has 2 aliphatic rings. The minimum Gasteiger partial charge on any atom is -0.490 e. The first-order valence-corrected chi connectivity index (χ1v) is 11.9. The minimum atomic E-state index is 0.281. The largest absolute Gasteiger partial charge is 0.490 e. The van der Waals surface area contributed by atoms with Gasteiger partial charge in [0, 0.05) is 50.2 Å². The van der Waals surface area contributed by atoms with Gasteiger partial charge in [-0.3, -0.25) is 4.99 Å². The van der Waals surface area contributed by atoms with Crippen LogP contribution in [-0.2, 0) is 9.47 Å². The highest BCUT2D eigenvalue weighted by molar-refractivity contribution is 7.98. The molecule has 0 bridgehead atoms. The lowest BCUT2D eigenvalue weighted by atomic mass is 10.2. The van der Waals surface area contributed by atoms with E-state index in [9.17, 15) is 0 Å². The Morgan fingerprint density at radius 3 is 2.93 bits per heavy atom. The number of benzene rings is 1. The number of fused-ring (bicyclic) bond motifs is 1. The average Bonchev–Trinajstić information content (AvgIpc) is 3.14. The zero-order valence-electron chi connectivity index (χ0n) is 17.3. The first-order chi connectivity index (χ1) is 14.3. The highest BCUT2D eigenvalue weighted by Gasteiger charge is 2.15. The van der Waals surface area contributed by atoms with E-state index in [0.29, 0.717) is 33.0 Å². The second-order valence-corrected chi connectivity index (χ2v) is 8.04. The van der Waals surface area contributed by atoms with Crippen molar-refractivity contribution in [3.8, 4) is 11.5 Å². The fourth-order valence-electron chi connectivity index (χ4n) is 3.14. The molecule has 1 fully saturated rings.